The van der Waals surface area contributed by atoms with Gasteiger partial charge < -0.3 is 39.5 Å². The third-order valence-corrected chi connectivity index (χ3v) is 9.60. The molecular weight excluding hydrogens is 512 g/mol. The minimum absolute atomic E-state index is 0.0451. The Morgan fingerprint density at radius 1 is 1.15 bits per heavy atom. The molecular formula is C19H26ClN3O9P2. The van der Waals surface area contributed by atoms with E-state index >= 15 is 0 Å². The summed E-state index contributed by atoms with van der Waals surface area (Å²) in [6.45, 7) is 0.124. The van der Waals surface area contributed by atoms with Crippen LogP contribution in [0.1, 0.15) is 30.9 Å². The van der Waals surface area contributed by atoms with Crippen LogP contribution in [0.3, 0.4) is 0 Å². The number of aromatic nitrogens is 2. The number of benzene rings is 1. The van der Waals surface area contributed by atoms with E-state index in [0.29, 0.717) is 22.8 Å². The van der Waals surface area contributed by atoms with Crippen LogP contribution in [0.2, 0.25) is 5.28 Å². The van der Waals surface area contributed by atoms with Crippen molar-refractivity contribution < 1.29 is 43.3 Å². The number of aliphatic hydroxyl groups is 2. The molecule has 4 rings (SSSR count). The standard InChI is InChI=1S/C19H26ClN3O9P2/c20-19-22-13-6-11(4-5-12(13)18(23-19)21-7-10-2-1-3-10)17-16(25)15(24)14(32-17)8-31-34(29,30)9-33(26,27)28/h4-6,10,14-17,24-25H,1-3,7-9H2,(H,29,30)(H,21,22,23)(H2,26,27,28)/t14-,15-,16-,17+/m1/s1. The molecule has 0 spiro atoms. The van der Waals surface area contributed by atoms with Gasteiger partial charge in [0.2, 0.25) is 5.28 Å². The molecule has 2 aromatic rings. The molecule has 2 fully saturated rings. The first kappa shape index (κ1) is 25.9. The largest absolute Gasteiger partial charge is 0.387 e. The molecule has 188 valence electrons. The van der Waals surface area contributed by atoms with Gasteiger partial charge in [-0.05, 0) is 48.1 Å². The number of hydrogen-bond acceptors (Lipinski definition) is 9. The Kier molecular flexibility index (Phi) is 7.67. The average Bonchev–Trinajstić information content (AvgIpc) is 2.97. The fourth-order valence-corrected chi connectivity index (χ4v) is 6.74. The van der Waals surface area contributed by atoms with E-state index in [2.05, 4.69) is 15.3 Å². The van der Waals surface area contributed by atoms with Crippen LogP contribution in [-0.4, -0.2) is 72.2 Å². The maximum atomic E-state index is 11.9. The number of halogens is 1. The molecule has 2 heterocycles. The van der Waals surface area contributed by atoms with E-state index in [1.807, 2.05) is 0 Å². The monoisotopic (exact) mass is 537 g/mol. The number of hydrogen-bond donors (Lipinski definition) is 6. The summed E-state index contributed by atoms with van der Waals surface area (Å²) in [5.74, 6) is -0.171. The maximum Gasteiger partial charge on any atom is 0.340 e. The van der Waals surface area contributed by atoms with E-state index in [1.54, 1.807) is 18.2 Å². The summed E-state index contributed by atoms with van der Waals surface area (Å²) in [5, 5.41) is 24.9. The summed E-state index contributed by atoms with van der Waals surface area (Å²) in [5.41, 5.74) is 0.976. The minimum atomic E-state index is -4.80. The molecule has 34 heavy (non-hydrogen) atoms. The second kappa shape index (κ2) is 10.1. The van der Waals surface area contributed by atoms with Gasteiger partial charge in [-0.2, -0.15) is 0 Å². The van der Waals surface area contributed by atoms with Gasteiger partial charge in [-0.15, -0.1) is 0 Å². The van der Waals surface area contributed by atoms with Gasteiger partial charge in [-0.25, -0.2) is 9.97 Å². The highest BCUT2D eigenvalue weighted by Gasteiger charge is 2.45. The molecule has 1 unspecified atom stereocenters. The van der Waals surface area contributed by atoms with Crippen molar-refractivity contribution in [3.05, 3.63) is 29.0 Å². The smallest absolute Gasteiger partial charge is 0.340 e. The minimum Gasteiger partial charge on any atom is -0.387 e. The Hall–Kier alpha value is -1.17. The number of rotatable bonds is 9. The van der Waals surface area contributed by atoms with E-state index < -0.39 is 52.1 Å². The lowest BCUT2D eigenvalue weighted by molar-refractivity contribution is -0.0186. The molecule has 0 radical (unpaired) electrons. The molecule has 12 nitrogen and oxygen atoms in total. The highest BCUT2D eigenvalue weighted by molar-refractivity contribution is 7.70. The molecule has 6 N–H and O–H groups in total. The van der Waals surface area contributed by atoms with Crippen molar-refractivity contribution >= 4 is 43.5 Å². The van der Waals surface area contributed by atoms with Crippen molar-refractivity contribution in [2.75, 3.05) is 24.4 Å². The van der Waals surface area contributed by atoms with Gasteiger partial charge in [-0.1, -0.05) is 12.5 Å². The normalized spacial score (nSPS) is 27.5. The van der Waals surface area contributed by atoms with E-state index in [9.17, 15) is 24.2 Å². The van der Waals surface area contributed by atoms with Crippen LogP contribution in [0.25, 0.3) is 10.9 Å². The van der Waals surface area contributed by atoms with Crippen molar-refractivity contribution in [3.63, 3.8) is 0 Å². The van der Waals surface area contributed by atoms with Gasteiger partial charge in [0.25, 0.3) is 0 Å². The molecule has 15 heteroatoms. The van der Waals surface area contributed by atoms with Gasteiger partial charge in [0.05, 0.1) is 12.1 Å². The summed E-state index contributed by atoms with van der Waals surface area (Å²) in [6.07, 6.45) is -1.51. The highest BCUT2D eigenvalue weighted by Crippen LogP contribution is 2.55. The number of nitrogens with one attached hydrogen (secondary N) is 1. The quantitative estimate of drug-likeness (QED) is 0.202. The van der Waals surface area contributed by atoms with Gasteiger partial charge in [-0.3, -0.25) is 9.13 Å². The van der Waals surface area contributed by atoms with Crippen LogP contribution < -0.4 is 5.32 Å². The fourth-order valence-electron chi connectivity index (χ4n) is 3.99. The number of fused-ring (bicyclic) bond motifs is 1. The zero-order valence-corrected chi connectivity index (χ0v) is 20.4. The lowest BCUT2D eigenvalue weighted by Gasteiger charge is -2.25. The second-order valence-electron chi connectivity index (χ2n) is 8.61. The number of aliphatic hydroxyl groups excluding tert-OH is 2. The SMILES string of the molecule is O=P(O)(O)CP(=O)(O)OC[C@H]1O[C@@H](c2ccc3c(NCC4CCC4)nc(Cl)nc3c2)[C@H](O)[C@@H]1O. The predicted octanol–water partition coefficient (Wildman–Crippen LogP) is 1.99. The number of nitrogens with zero attached hydrogens (tertiary/aromatic N) is 2. The van der Waals surface area contributed by atoms with Crippen LogP contribution in [0, 0.1) is 5.92 Å². The molecule has 2 aliphatic rings. The third kappa shape index (κ3) is 6.14. The van der Waals surface area contributed by atoms with Crippen molar-refractivity contribution in [3.8, 4) is 0 Å². The van der Waals surface area contributed by atoms with Gasteiger partial charge in [0.1, 0.15) is 30.2 Å². The van der Waals surface area contributed by atoms with Crippen molar-refractivity contribution in [2.24, 2.45) is 5.92 Å². The Morgan fingerprint density at radius 3 is 2.53 bits per heavy atom. The Bertz CT molecular complexity index is 1150. The predicted molar refractivity (Wildman–Crippen MR) is 123 cm³/mol. The van der Waals surface area contributed by atoms with Crippen LogP contribution >= 0.6 is 26.8 Å². The van der Waals surface area contributed by atoms with Crippen molar-refractivity contribution in [1.82, 2.24) is 9.97 Å². The molecule has 0 bridgehead atoms. The summed E-state index contributed by atoms with van der Waals surface area (Å²) in [4.78, 5) is 35.9. The molecule has 1 saturated carbocycles. The fraction of sp³-hybridized carbons (Fsp3) is 0.579. The average molecular weight is 538 g/mol. The van der Waals surface area contributed by atoms with Gasteiger partial charge in [0, 0.05) is 11.9 Å². The first-order chi connectivity index (χ1) is 15.9. The van der Waals surface area contributed by atoms with E-state index in [-0.39, 0.29) is 5.28 Å². The van der Waals surface area contributed by atoms with Crippen LogP contribution in [0.15, 0.2) is 18.2 Å². The summed E-state index contributed by atoms with van der Waals surface area (Å²) in [7, 11) is -9.43. The second-order valence-corrected chi connectivity index (χ2v) is 12.9. The van der Waals surface area contributed by atoms with Crippen LogP contribution in [-0.2, 0) is 18.4 Å². The Morgan fingerprint density at radius 2 is 1.88 bits per heavy atom. The first-order valence-electron chi connectivity index (χ1n) is 10.7. The molecule has 1 saturated heterocycles. The zero-order valence-electron chi connectivity index (χ0n) is 17.9. The summed E-state index contributed by atoms with van der Waals surface area (Å²) in [6, 6.07) is 5.08. The molecule has 1 aromatic heterocycles. The molecule has 1 aliphatic carbocycles. The van der Waals surface area contributed by atoms with Crippen molar-refractivity contribution in [1.29, 1.82) is 0 Å². The third-order valence-electron chi connectivity index (χ3n) is 5.97. The summed E-state index contributed by atoms with van der Waals surface area (Å²) < 4.78 is 33.2. The lowest BCUT2D eigenvalue weighted by Crippen LogP contribution is -2.33. The van der Waals surface area contributed by atoms with Gasteiger partial charge >= 0.3 is 15.2 Å². The van der Waals surface area contributed by atoms with Crippen molar-refractivity contribution in [2.45, 2.75) is 43.7 Å². The Balaban J connectivity index is 1.48. The van der Waals surface area contributed by atoms with Crippen LogP contribution in [0.4, 0.5) is 5.82 Å². The van der Waals surface area contributed by atoms with E-state index in [0.717, 1.165) is 11.9 Å². The molecule has 0 amide bonds. The molecule has 5 atom stereocenters. The first-order valence-corrected chi connectivity index (χ1v) is 14.6. The maximum absolute atomic E-state index is 11.9. The van der Waals surface area contributed by atoms with Gasteiger partial charge in [0.15, 0.2) is 5.90 Å². The lowest BCUT2D eigenvalue weighted by atomic mass is 9.85. The summed E-state index contributed by atoms with van der Waals surface area (Å²) >= 11 is 6.10. The van der Waals surface area contributed by atoms with E-state index in [4.69, 9.17) is 30.6 Å². The van der Waals surface area contributed by atoms with Crippen LogP contribution in [0.5, 0.6) is 0 Å². The topological polar surface area (TPSA) is 192 Å². The van der Waals surface area contributed by atoms with E-state index in [1.165, 1.54) is 19.3 Å². The number of anilines is 1. The molecule has 1 aliphatic heterocycles. The molecule has 1 aromatic carbocycles. The Labute approximate surface area is 200 Å². The highest BCUT2D eigenvalue weighted by atomic mass is 35.5. The number of ether oxygens (including phenoxy) is 1. The zero-order chi connectivity index (χ0) is 24.7.